The molecule has 0 amide bonds. The summed E-state index contributed by atoms with van der Waals surface area (Å²) >= 11 is 0. The summed E-state index contributed by atoms with van der Waals surface area (Å²) < 4.78 is 0. The minimum Gasteiger partial charge on any atom is -0.392 e. The topological polar surface area (TPSA) is 36.4 Å². The Labute approximate surface area is 111 Å². The summed E-state index contributed by atoms with van der Waals surface area (Å²) in [5.74, 6) is 1.54. The number of hydrogen-bond acceptors (Lipinski definition) is 3. The van der Waals surface area contributed by atoms with Gasteiger partial charge in [0, 0.05) is 24.7 Å². The molecule has 0 fully saturated rings. The van der Waals surface area contributed by atoms with Crippen molar-refractivity contribution in [3.05, 3.63) is 23.4 Å². The molecule has 0 aromatic carbocycles. The van der Waals surface area contributed by atoms with Crippen LogP contribution in [0.25, 0.3) is 0 Å². The number of rotatable bonds is 4. The Kier molecular flexibility index (Phi) is 4.74. The van der Waals surface area contributed by atoms with Gasteiger partial charge in [-0.25, -0.2) is 4.98 Å². The van der Waals surface area contributed by atoms with Crippen molar-refractivity contribution in [3.8, 4) is 0 Å². The van der Waals surface area contributed by atoms with E-state index < -0.39 is 0 Å². The maximum Gasteiger partial charge on any atom is 0.128 e. The zero-order valence-electron chi connectivity index (χ0n) is 12.5. The third-order valence-corrected chi connectivity index (χ3v) is 2.85. The second kappa shape index (κ2) is 5.70. The Bertz CT molecular complexity index is 394. The van der Waals surface area contributed by atoms with E-state index in [-0.39, 0.29) is 12.0 Å². The molecule has 3 heteroatoms. The molecular weight excluding hydrogens is 224 g/mol. The second-order valence-electron chi connectivity index (χ2n) is 6.40. The van der Waals surface area contributed by atoms with Gasteiger partial charge < -0.3 is 10.0 Å². The summed E-state index contributed by atoms with van der Waals surface area (Å²) in [6, 6.07) is 3.96. The summed E-state index contributed by atoms with van der Waals surface area (Å²) in [5, 5.41) is 9.37. The van der Waals surface area contributed by atoms with Crippen molar-refractivity contribution in [2.75, 3.05) is 18.5 Å². The van der Waals surface area contributed by atoms with E-state index in [9.17, 15) is 5.11 Å². The van der Waals surface area contributed by atoms with Gasteiger partial charge in [-0.2, -0.15) is 0 Å². The molecule has 0 aliphatic heterocycles. The van der Waals surface area contributed by atoms with Crippen LogP contribution in [0.15, 0.2) is 12.1 Å². The molecule has 0 aliphatic rings. The molecule has 0 saturated heterocycles. The average Bonchev–Trinajstić information content (AvgIpc) is 2.26. The molecule has 0 bridgehead atoms. The van der Waals surface area contributed by atoms with Gasteiger partial charge in [0.25, 0.3) is 0 Å². The summed E-state index contributed by atoms with van der Waals surface area (Å²) in [6.45, 7) is 11.8. The van der Waals surface area contributed by atoms with Gasteiger partial charge in [0.1, 0.15) is 5.82 Å². The fourth-order valence-electron chi connectivity index (χ4n) is 1.88. The number of aromatic nitrogens is 1. The molecule has 0 spiro atoms. The lowest BCUT2D eigenvalue weighted by Crippen LogP contribution is -2.25. The third kappa shape index (κ3) is 3.98. The van der Waals surface area contributed by atoms with E-state index in [1.807, 2.05) is 12.1 Å². The number of pyridine rings is 1. The maximum absolute atomic E-state index is 9.37. The average molecular weight is 250 g/mol. The van der Waals surface area contributed by atoms with E-state index in [1.165, 1.54) is 0 Å². The molecule has 102 valence electrons. The van der Waals surface area contributed by atoms with Gasteiger partial charge in [0.2, 0.25) is 0 Å². The summed E-state index contributed by atoms with van der Waals surface area (Å²) in [4.78, 5) is 6.87. The third-order valence-electron chi connectivity index (χ3n) is 2.85. The molecule has 1 aromatic heterocycles. The van der Waals surface area contributed by atoms with Crippen molar-refractivity contribution >= 4 is 5.82 Å². The van der Waals surface area contributed by atoms with Crippen LogP contribution in [0.3, 0.4) is 0 Å². The van der Waals surface area contributed by atoms with E-state index >= 15 is 0 Å². The molecule has 3 nitrogen and oxygen atoms in total. The Morgan fingerprint density at radius 1 is 1.28 bits per heavy atom. The van der Waals surface area contributed by atoms with Crippen LogP contribution in [-0.4, -0.2) is 23.7 Å². The van der Waals surface area contributed by atoms with E-state index in [0.29, 0.717) is 5.92 Å². The highest BCUT2D eigenvalue weighted by molar-refractivity contribution is 5.43. The summed E-state index contributed by atoms with van der Waals surface area (Å²) in [7, 11) is 2.05. The molecule has 0 radical (unpaired) electrons. The van der Waals surface area contributed by atoms with Gasteiger partial charge in [-0.3, -0.25) is 0 Å². The first-order valence-electron chi connectivity index (χ1n) is 6.57. The van der Waals surface area contributed by atoms with E-state index in [4.69, 9.17) is 4.98 Å². The molecule has 0 aliphatic carbocycles. The predicted molar refractivity (Wildman–Crippen MR) is 77.0 cm³/mol. The zero-order chi connectivity index (χ0) is 13.9. The fraction of sp³-hybridized carbons (Fsp3) is 0.667. The van der Waals surface area contributed by atoms with Gasteiger partial charge in [0.15, 0.2) is 0 Å². The molecule has 1 heterocycles. The molecule has 0 atom stereocenters. The van der Waals surface area contributed by atoms with Crippen molar-refractivity contribution in [2.45, 2.75) is 46.6 Å². The van der Waals surface area contributed by atoms with Crippen molar-refractivity contribution < 1.29 is 5.11 Å². The van der Waals surface area contributed by atoms with Crippen LogP contribution in [0.2, 0.25) is 0 Å². The van der Waals surface area contributed by atoms with Crippen LogP contribution < -0.4 is 4.90 Å². The van der Waals surface area contributed by atoms with Crippen molar-refractivity contribution in [1.82, 2.24) is 4.98 Å². The summed E-state index contributed by atoms with van der Waals surface area (Å²) in [6.07, 6.45) is 0. The Balaban J connectivity index is 3.12. The van der Waals surface area contributed by atoms with E-state index in [2.05, 4.69) is 46.6 Å². The number of hydrogen-bond donors (Lipinski definition) is 1. The van der Waals surface area contributed by atoms with Crippen molar-refractivity contribution in [2.24, 2.45) is 5.92 Å². The van der Waals surface area contributed by atoms with Crippen molar-refractivity contribution in [1.29, 1.82) is 0 Å². The summed E-state index contributed by atoms with van der Waals surface area (Å²) in [5.41, 5.74) is 1.96. The lowest BCUT2D eigenvalue weighted by atomic mass is 9.91. The smallest absolute Gasteiger partial charge is 0.128 e. The first-order valence-corrected chi connectivity index (χ1v) is 6.57. The highest BCUT2D eigenvalue weighted by Gasteiger charge is 2.18. The lowest BCUT2D eigenvalue weighted by Gasteiger charge is -2.25. The molecule has 18 heavy (non-hydrogen) atoms. The van der Waals surface area contributed by atoms with Crippen LogP contribution in [-0.2, 0) is 12.0 Å². The van der Waals surface area contributed by atoms with Crippen LogP contribution in [0.5, 0.6) is 0 Å². The van der Waals surface area contributed by atoms with Crippen LogP contribution in [0.4, 0.5) is 5.82 Å². The highest BCUT2D eigenvalue weighted by atomic mass is 16.3. The second-order valence-corrected chi connectivity index (χ2v) is 6.40. The number of anilines is 1. The lowest BCUT2D eigenvalue weighted by molar-refractivity contribution is 0.281. The Hall–Kier alpha value is -1.09. The standard InChI is InChI=1S/C15H26N2O/c1-11(2)9-17(6)14-8-12(10-18)7-13(16-14)15(3,4)5/h7-8,11,18H,9-10H2,1-6H3. The molecule has 0 unspecified atom stereocenters. The highest BCUT2D eigenvalue weighted by Crippen LogP contribution is 2.24. The maximum atomic E-state index is 9.37. The van der Waals surface area contributed by atoms with Gasteiger partial charge in [-0.15, -0.1) is 0 Å². The predicted octanol–water partition coefficient (Wildman–Crippen LogP) is 2.96. The Morgan fingerprint density at radius 2 is 1.89 bits per heavy atom. The zero-order valence-corrected chi connectivity index (χ0v) is 12.5. The quantitative estimate of drug-likeness (QED) is 0.892. The molecule has 0 saturated carbocycles. The van der Waals surface area contributed by atoms with Gasteiger partial charge >= 0.3 is 0 Å². The minimum atomic E-state index is -0.00139. The molecule has 1 aromatic rings. The minimum absolute atomic E-state index is 0.00139. The van der Waals surface area contributed by atoms with Gasteiger partial charge in [0.05, 0.1) is 6.61 Å². The molecule has 1 N–H and O–H groups in total. The van der Waals surface area contributed by atoms with E-state index in [0.717, 1.165) is 23.6 Å². The number of aliphatic hydroxyl groups excluding tert-OH is 1. The number of nitrogens with zero attached hydrogens (tertiary/aromatic N) is 2. The monoisotopic (exact) mass is 250 g/mol. The largest absolute Gasteiger partial charge is 0.392 e. The van der Waals surface area contributed by atoms with E-state index in [1.54, 1.807) is 0 Å². The normalized spacial score (nSPS) is 12.0. The van der Waals surface area contributed by atoms with Crippen LogP contribution in [0.1, 0.15) is 45.9 Å². The molecule has 1 rings (SSSR count). The Morgan fingerprint density at radius 3 is 2.33 bits per heavy atom. The van der Waals surface area contributed by atoms with Crippen LogP contribution in [0, 0.1) is 5.92 Å². The van der Waals surface area contributed by atoms with Gasteiger partial charge in [-0.1, -0.05) is 34.6 Å². The van der Waals surface area contributed by atoms with Gasteiger partial charge in [-0.05, 0) is 23.6 Å². The fourth-order valence-corrected chi connectivity index (χ4v) is 1.88. The SMILES string of the molecule is CC(C)CN(C)c1cc(CO)cc(C(C)(C)C)n1. The number of aliphatic hydroxyl groups is 1. The molecular formula is C15H26N2O. The van der Waals surface area contributed by atoms with Crippen molar-refractivity contribution in [3.63, 3.8) is 0 Å². The first-order chi connectivity index (χ1) is 8.24. The first kappa shape index (κ1) is 15.0. The van der Waals surface area contributed by atoms with Crippen LogP contribution >= 0.6 is 0 Å².